The Hall–Kier alpha value is -2.12. The highest BCUT2D eigenvalue weighted by Crippen LogP contribution is 2.27. The van der Waals surface area contributed by atoms with Gasteiger partial charge in [-0.25, -0.2) is 4.57 Å². The van der Waals surface area contributed by atoms with Crippen LogP contribution in [0, 0.1) is 13.8 Å². The van der Waals surface area contributed by atoms with Gasteiger partial charge in [0.25, 0.3) is 0 Å². The van der Waals surface area contributed by atoms with E-state index in [-0.39, 0.29) is 17.8 Å². The summed E-state index contributed by atoms with van der Waals surface area (Å²) >= 11 is 0. The van der Waals surface area contributed by atoms with Gasteiger partial charge in [0, 0.05) is 17.2 Å². The second-order valence-electron chi connectivity index (χ2n) is 7.97. The van der Waals surface area contributed by atoms with Crippen LogP contribution in [0.2, 0.25) is 0 Å². The number of hydrogen-bond donors (Lipinski definition) is 0. The Morgan fingerprint density at radius 3 is 1.96 bits per heavy atom. The van der Waals surface area contributed by atoms with Gasteiger partial charge in [0.05, 0.1) is 0 Å². The molecule has 0 N–H and O–H groups in total. The molecular weight excluding hydrogens is 338 g/mol. The predicted molar refractivity (Wildman–Crippen MR) is 106 cm³/mol. The van der Waals surface area contributed by atoms with Gasteiger partial charge in [-0.1, -0.05) is 63.2 Å². The van der Waals surface area contributed by atoms with Crippen LogP contribution in [0.5, 0.6) is 0 Å². The van der Waals surface area contributed by atoms with Crippen molar-refractivity contribution >= 4 is 0 Å². The van der Waals surface area contributed by atoms with Gasteiger partial charge >= 0.3 is 0 Å². The van der Waals surface area contributed by atoms with Crippen LogP contribution >= 0.6 is 0 Å². The summed E-state index contributed by atoms with van der Waals surface area (Å²) in [7, 11) is 0. The van der Waals surface area contributed by atoms with Gasteiger partial charge in [-0.2, -0.15) is 0 Å². The van der Waals surface area contributed by atoms with Gasteiger partial charge in [0.1, 0.15) is 0 Å². The molecule has 0 unspecified atom stereocenters. The highest BCUT2D eigenvalue weighted by molar-refractivity contribution is 5.61. The number of pyridine rings is 1. The number of benzene rings is 2. The van der Waals surface area contributed by atoms with E-state index in [0.717, 1.165) is 6.54 Å². The molecule has 136 valence electrons. The molecule has 0 aliphatic rings. The molecule has 0 spiro atoms. The number of halogens is 1. The molecule has 0 saturated heterocycles. The molecular formula is C24H28ClN. The third-order valence-corrected chi connectivity index (χ3v) is 4.87. The maximum absolute atomic E-state index is 2.35. The number of aromatic nitrogens is 1. The van der Waals surface area contributed by atoms with E-state index in [1.807, 2.05) is 0 Å². The van der Waals surface area contributed by atoms with Crippen molar-refractivity contribution in [3.05, 3.63) is 89.2 Å². The fourth-order valence-electron chi connectivity index (χ4n) is 3.28. The van der Waals surface area contributed by atoms with E-state index in [4.69, 9.17) is 0 Å². The van der Waals surface area contributed by atoms with Crippen LogP contribution in [0.15, 0.2) is 67.0 Å². The topological polar surface area (TPSA) is 3.88 Å². The average molecular weight is 366 g/mol. The van der Waals surface area contributed by atoms with Crippen molar-refractivity contribution in [2.24, 2.45) is 0 Å². The van der Waals surface area contributed by atoms with Crippen LogP contribution in [0.1, 0.15) is 43.0 Å². The summed E-state index contributed by atoms with van der Waals surface area (Å²) < 4.78 is 2.29. The third kappa shape index (κ3) is 4.53. The lowest BCUT2D eigenvalue weighted by Gasteiger charge is -2.21. The molecule has 2 heteroatoms. The maximum atomic E-state index is 2.35. The Bertz CT molecular complexity index is 853. The molecule has 0 saturated carbocycles. The minimum Gasteiger partial charge on any atom is -1.00 e. The second-order valence-corrected chi connectivity index (χ2v) is 7.97. The SMILES string of the molecule is Cc1cc(C(C)(C)C)cc(C)c1C[n+]1cccc(-c2ccccc2)c1.[Cl-]. The predicted octanol–water partition coefficient (Wildman–Crippen LogP) is 2.61. The van der Waals surface area contributed by atoms with Gasteiger partial charge < -0.3 is 12.4 Å². The molecule has 1 aromatic heterocycles. The summed E-state index contributed by atoms with van der Waals surface area (Å²) in [5.41, 5.74) is 8.29. The highest BCUT2D eigenvalue weighted by atomic mass is 35.5. The van der Waals surface area contributed by atoms with E-state index in [2.05, 4.69) is 106 Å². The summed E-state index contributed by atoms with van der Waals surface area (Å²) in [5.74, 6) is 0. The first-order valence-electron chi connectivity index (χ1n) is 9.00. The van der Waals surface area contributed by atoms with Crippen molar-refractivity contribution < 1.29 is 17.0 Å². The molecule has 0 amide bonds. The van der Waals surface area contributed by atoms with E-state index >= 15 is 0 Å². The molecule has 0 radical (unpaired) electrons. The monoisotopic (exact) mass is 365 g/mol. The quantitative estimate of drug-likeness (QED) is 0.628. The third-order valence-electron chi connectivity index (χ3n) is 4.87. The minimum absolute atomic E-state index is 0. The molecule has 3 aromatic rings. The van der Waals surface area contributed by atoms with Crippen molar-refractivity contribution in [2.75, 3.05) is 0 Å². The molecule has 0 atom stereocenters. The maximum Gasteiger partial charge on any atom is 0.176 e. The Kier molecular flexibility index (Phi) is 6.26. The van der Waals surface area contributed by atoms with E-state index in [9.17, 15) is 0 Å². The molecule has 0 aliphatic carbocycles. The molecule has 1 nitrogen and oxygen atoms in total. The van der Waals surface area contributed by atoms with Gasteiger partial charge in [0.15, 0.2) is 18.9 Å². The Labute approximate surface area is 164 Å². The van der Waals surface area contributed by atoms with Gasteiger partial charge in [-0.15, -0.1) is 0 Å². The van der Waals surface area contributed by atoms with Crippen LogP contribution in [0.25, 0.3) is 11.1 Å². The van der Waals surface area contributed by atoms with E-state index in [0.29, 0.717) is 0 Å². The Morgan fingerprint density at radius 1 is 0.808 bits per heavy atom. The smallest absolute Gasteiger partial charge is 0.176 e. The Balaban J connectivity index is 0.00000243. The standard InChI is InChI=1S/C24H28N.ClH/c1-18-14-22(24(3,4)5)15-19(2)23(18)17-25-13-9-12-21(16-25)20-10-7-6-8-11-20;/h6-16H,17H2,1-5H3;1H/q+1;/p-1. The van der Waals surface area contributed by atoms with Crippen LogP contribution in [0.4, 0.5) is 0 Å². The molecule has 0 fully saturated rings. The first-order valence-corrected chi connectivity index (χ1v) is 9.00. The number of hydrogen-bond acceptors (Lipinski definition) is 0. The first-order chi connectivity index (χ1) is 11.8. The fourth-order valence-corrected chi connectivity index (χ4v) is 3.28. The highest BCUT2D eigenvalue weighted by Gasteiger charge is 2.18. The van der Waals surface area contributed by atoms with Gasteiger partial charge in [0.2, 0.25) is 0 Å². The number of aryl methyl sites for hydroxylation is 2. The summed E-state index contributed by atoms with van der Waals surface area (Å²) in [4.78, 5) is 0. The number of rotatable bonds is 3. The van der Waals surface area contributed by atoms with Crippen LogP contribution < -0.4 is 17.0 Å². The number of nitrogens with zero attached hydrogens (tertiary/aromatic N) is 1. The van der Waals surface area contributed by atoms with Crippen LogP contribution in [0.3, 0.4) is 0 Å². The molecule has 0 bridgehead atoms. The van der Waals surface area contributed by atoms with Crippen molar-refractivity contribution in [3.8, 4) is 11.1 Å². The second kappa shape index (κ2) is 8.05. The average Bonchev–Trinajstić information content (AvgIpc) is 2.58. The van der Waals surface area contributed by atoms with E-state index in [1.165, 1.54) is 33.4 Å². The lowest BCUT2D eigenvalue weighted by atomic mass is 9.84. The van der Waals surface area contributed by atoms with E-state index < -0.39 is 0 Å². The summed E-state index contributed by atoms with van der Waals surface area (Å²) in [6.07, 6.45) is 4.40. The lowest BCUT2D eigenvalue weighted by Crippen LogP contribution is -3.00. The zero-order valence-corrected chi connectivity index (χ0v) is 17.1. The molecule has 3 rings (SSSR count). The summed E-state index contributed by atoms with van der Waals surface area (Å²) in [6, 6.07) is 19.6. The largest absolute Gasteiger partial charge is 1.00 e. The lowest BCUT2D eigenvalue weighted by molar-refractivity contribution is -0.688. The molecule has 0 aliphatic heterocycles. The molecule has 2 aromatic carbocycles. The summed E-state index contributed by atoms with van der Waals surface area (Å²) in [5, 5.41) is 0. The van der Waals surface area contributed by atoms with Crippen molar-refractivity contribution in [3.63, 3.8) is 0 Å². The van der Waals surface area contributed by atoms with E-state index in [1.54, 1.807) is 0 Å². The van der Waals surface area contributed by atoms with Gasteiger partial charge in [-0.05, 0) is 47.6 Å². The minimum atomic E-state index is 0. The zero-order chi connectivity index (χ0) is 18.0. The van der Waals surface area contributed by atoms with Crippen molar-refractivity contribution in [2.45, 2.75) is 46.6 Å². The van der Waals surface area contributed by atoms with Crippen LogP contribution in [-0.2, 0) is 12.0 Å². The van der Waals surface area contributed by atoms with Crippen molar-refractivity contribution in [1.29, 1.82) is 0 Å². The summed E-state index contributed by atoms with van der Waals surface area (Å²) in [6.45, 7) is 12.2. The first kappa shape index (κ1) is 20.2. The zero-order valence-electron chi connectivity index (χ0n) is 16.4. The van der Waals surface area contributed by atoms with Crippen molar-refractivity contribution in [1.82, 2.24) is 0 Å². The normalized spacial score (nSPS) is 11.1. The Morgan fingerprint density at radius 2 is 1.38 bits per heavy atom. The molecule has 1 heterocycles. The molecule has 26 heavy (non-hydrogen) atoms. The van der Waals surface area contributed by atoms with Gasteiger partial charge in [-0.3, -0.25) is 0 Å². The fraction of sp³-hybridized carbons (Fsp3) is 0.292. The van der Waals surface area contributed by atoms with Crippen LogP contribution in [-0.4, -0.2) is 0 Å².